The van der Waals surface area contributed by atoms with Crippen LogP contribution in [-0.4, -0.2) is 39.5 Å². The van der Waals surface area contributed by atoms with Crippen molar-refractivity contribution in [2.24, 2.45) is 17.6 Å². The van der Waals surface area contributed by atoms with E-state index in [9.17, 15) is 4.79 Å². The number of hydrogen-bond acceptors (Lipinski definition) is 3. The Labute approximate surface area is 130 Å². The molecule has 2 N–H and O–H groups in total. The van der Waals surface area contributed by atoms with Gasteiger partial charge in [0.25, 0.3) is 0 Å². The zero-order valence-electron chi connectivity index (χ0n) is 12.9. The second-order valence-electron chi connectivity index (χ2n) is 6.70. The average molecular weight is 298 g/mol. The van der Waals surface area contributed by atoms with Crippen molar-refractivity contribution < 1.29 is 4.79 Å². The topological polar surface area (TPSA) is 64.2 Å². The summed E-state index contributed by atoms with van der Waals surface area (Å²) in [6.45, 7) is 4.04. The molecule has 0 bridgehead atoms. The van der Waals surface area contributed by atoms with E-state index in [1.807, 2.05) is 40.7 Å². The van der Waals surface area contributed by atoms with E-state index in [-0.39, 0.29) is 11.9 Å². The maximum absolute atomic E-state index is 12.7. The number of para-hydroxylation sites is 2. The smallest absolute Gasteiger partial charge is 0.242 e. The fourth-order valence-electron chi connectivity index (χ4n) is 4.14. The van der Waals surface area contributed by atoms with Gasteiger partial charge in [0.1, 0.15) is 12.4 Å². The van der Waals surface area contributed by atoms with Crippen LogP contribution in [-0.2, 0) is 11.3 Å². The summed E-state index contributed by atoms with van der Waals surface area (Å²) in [4.78, 5) is 19.2. The molecule has 4 rings (SSSR count). The molecule has 2 fully saturated rings. The molecule has 1 aliphatic carbocycles. The minimum Gasteiger partial charge on any atom is -0.341 e. The van der Waals surface area contributed by atoms with Gasteiger partial charge in [-0.05, 0) is 43.7 Å². The predicted molar refractivity (Wildman–Crippen MR) is 85.2 cm³/mol. The lowest BCUT2D eigenvalue weighted by atomic mass is 9.98. The highest BCUT2D eigenvalue weighted by Gasteiger charge is 2.42. The van der Waals surface area contributed by atoms with E-state index in [2.05, 4.69) is 4.98 Å². The molecule has 0 spiro atoms. The Morgan fingerprint density at radius 2 is 2.14 bits per heavy atom. The first-order valence-corrected chi connectivity index (χ1v) is 8.08. The van der Waals surface area contributed by atoms with Gasteiger partial charge in [-0.1, -0.05) is 12.1 Å². The number of imidazole rings is 1. The molecule has 1 saturated heterocycles. The summed E-state index contributed by atoms with van der Waals surface area (Å²) >= 11 is 0. The van der Waals surface area contributed by atoms with Crippen LogP contribution in [0.5, 0.6) is 0 Å². The zero-order valence-corrected chi connectivity index (χ0v) is 12.9. The third-order valence-electron chi connectivity index (χ3n) is 5.40. The summed E-state index contributed by atoms with van der Waals surface area (Å²) < 4.78 is 2.02. The Hall–Kier alpha value is -1.88. The van der Waals surface area contributed by atoms with Crippen molar-refractivity contribution in [3.63, 3.8) is 0 Å². The maximum Gasteiger partial charge on any atom is 0.242 e. The number of amides is 1. The molecule has 5 heteroatoms. The number of aromatic nitrogens is 2. The zero-order chi connectivity index (χ0) is 15.3. The fraction of sp³-hybridized carbons (Fsp3) is 0.529. The van der Waals surface area contributed by atoms with Gasteiger partial charge in [0.15, 0.2) is 0 Å². The second-order valence-corrected chi connectivity index (χ2v) is 6.70. The van der Waals surface area contributed by atoms with E-state index in [4.69, 9.17) is 5.73 Å². The Morgan fingerprint density at radius 1 is 1.32 bits per heavy atom. The minimum absolute atomic E-state index is 0.188. The molecule has 1 aromatic heterocycles. The van der Waals surface area contributed by atoms with Crippen molar-refractivity contribution in [1.29, 1.82) is 0 Å². The summed E-state index contributed by atoms with van der Waals surface area (Å²) in [5.74, 6) is 2.20. The van der Waals surface area contributed by atoms with Crippen LogP contribution in [0.25, 0.3) is 11.0 Å². The van der Waals surface area contributed by atoms with Crippen molar-refractivity contribution in [1.82, 2.24) is 14.5 Å². The number of carbonyl (C=O) groups excluding carboxylic acids is 1. The van der Waals surface area contributed by atoms with Gasteiger partial charge in [-0.3, -0.25) is 4.79 Å². The largest absolute Gasteiger partial charge is 0.341 e. The fourth-order valence-corrected chi connectivity index (χ4v) is 4.14. The summed E-state index contributed by atoms with van der Waals surface area (Å²) in [6, 6.07) is 8.26. The number of nitrogens with two attached hydrogens (primary N) is 1. The van der Waals surface area contributed by atoms with E-state index in [0.29, 0.717) is 18.4 Å². The maximum atomic E-state index is 12.7. The Bertz CT molecular complexity index is 723. The van der Waals surface area contributed by atoms with Crippen molar-refractivity contribution in [3.8, 4) is 0 Å². The number of likely N-dealkylation sites (tertiary alicyclic amines) is 1. The molecular weight excluding hydrogens is 276 g/mol. The molecule has 2 heterocycles. The molecule has 3 atom stereocenters. The third-order valence-corrected chi connectivity index (χ3v) is 5.40. The summed E-state index contributed by atoms with van der Waals surface area (Å²) in [5, 5.41) is 0. The second kappa shape index (κ2) is 5.09. The SMILES string of the molecule is Cc1nc2ccccc2n1CC(=O)N1CC2CCC(N)C2C1. The van der Waals surface area contributed by atoms with Gasteiger partial charge in [-0.25, -0.2) is 4.98 Å². The van der Waals surface area contributed by atoms with Gasteiger partial charge in [0, 0.05) is 19.1 Å². The summed E-state index contributed by atoms with van der Waals surface area (Å²) in [6.07, 6.45) is 2.28. The van der Waals surface area contributed by atoms with E-state index < -0.39 is 0 Å². The lowest BCUT2D eigenvalue weighted by molar-refractivity contribution is -0.131. The summed E-state index contributed by atoms with van der Waals surface area (Å²) in [5.41, 5.74) is 8.15. The molecule has 22 heavy (non-hydrogen) atoms. The van der Waals surface area contributed by atoms with E-state index >= 15 is 0 Å². The first kappa shape index (κ1) is 13.8. The Kier molecular flexibility index (Phi) is 3.18. The molecule has 116 valence electrons. The molecule has 5 nitrogen and oxygen atoms in total. The van der Waals surface area contributed by atoms with Crippen LogP contribution in [0.15, 0.2) is 24.3 Å². The monoisotopic (exact) mass is 298 g/mol. The first-order chi connectivity index (χ1) is 10.6. The van der Waals surface area contributed by atoms with Gasteiger partial charge in [-0.15, -0.1) is 0 Å². The first-order valence-electron chi connectivity index (χ1n) is 8.08. The van der Waals surface area contributed by atoms with Crippen LogP contribution in [0.4, 0.5) is 0 Å². The van der Waals surface area contributed by atoms with E-state index in [1.165, 1.54) is 6.42 Å². The minimum atomic E-state index is 0.188. The van der Waals surface area contributed by atoms with Gasteiger partial charge < -0.3 is 15.2 Å². The van der Waals surface area contributed by atoms with Gasteiger partial charge in [-0.2, -0.15) is 0 Å². The Morgan fingerprint density at radius 3 is 2.95 bits per heavy atom. The number of benzene rings is 1. The highest BCUT2D eigenvalue weighted by molar-refractivity contribution is 5.81. The van der Waals surface area contributed by atoms with Gasteiger partial charge >= 0.3 is 0 Å². The highest BCUT2D eigenvalue weighted by Crippen LogP contribution is 2.37. The van der Waals surface area contributed by atoms with E-state index in [0.717, 1.165) is 36.4 Å². The van der Waals surface area contributed by atoms with Crippen LogP contribution in [0.2, 0.25) is 0 Å². The average Bonchev–Trinajstić information content (AvgIpc) is 3.15. The lowest BCUT2D eigenvalue weighted by Crippen LogP contribution is -2.35. The third kappa shape index (κ3) is 2.11. The number of fused-ring (bicyclic) bond motifs is 2. The van der Waals surface area contributed by atoms with Crippen LogP contribution in [0.1, 0.15) is 18.7 Å². The lowest BCUT2D eigenvalue weighted by Gasteiger charge is -2.19. The van der Waals surface area contributed by atoms with Gasteiger partial charge in [0.05, 0.1) is 11.0 Å². The van der Waals surface area contributed by atoms with Crippen molar-refractivity contribution in [2.75, 3.05) is 13.1 Å². The van der Waals surface area contributed by atoms with Crippen LogP contribution >= 0.6 is 0 Å². The molecule has 1 aliphatic heterocycles. The number of aryl methyl sites for hydroxylation is 1. The number of carbonyl (C=O) groups is 1. The number of hydrogen-bond donors (Lipinski definition) is 1. The molecule has 1 saturated carbocycles. The quantitative estimate of drug-likeness (QED) is 0.914. The predicted octanol–water partition coefficient (Wildman–Crippen LogP) is 1.54. The normalized spacial score (nSPS) is 27.5. The highest BCUT2D eigenvalue weighted by atomic mass is 16.2. The van der Waals surface area contributed by atoms with E-state index in [1.54, 1.807) is 0 Å². The number of rotatable bonds is 2. The standard InChI is InChI=1S/C17H22N4O/c1-11-19-15-4-2-3-5-16(15)21(11)10-17(22)20-8-12-6-7-14(18)13(12)9-20/h2-5,12-14H,6-10,18H2,1H3. The number of nitrogens with zero attached hydrogens (tertiary/aromatic N) is 3. The molecule has 1 aromatic carbocycles. The molecule has 0 radical (unpaired) electrons. The van der Waals surface area contributed by atoms with Crippen molar-refractivity contribution in [3.05, 3.63) is 30.1 Å². The summed E-state index contributed by atoms with van der Waals surface area (Å²) in [7, 11) is 0. The van der Waals surface area contributed by atoms with Gasteiger partial charge in [0.2, 0.25) is 5.91 Å². The molecule has 2 aromatic rings. The molecule has 1 amide bonds. The molecule has 2 aliphatic rings. The molecule has 3 unspecified atom stereocenters. The van der Waals surface area contributed by atoms with Crippen LogP contribution in [0, 0.1) is 18.8 Å². The van der Waals surface area contributed by atoms with Crippen molar-refractivity contribution >= 4 is 16.9 Å². The Balaban J connectivity index is 1.53. The molecular formula is C17H22N4O. The van der Waals surface area contributed by atoms with Crippen LogP contribution in [0.3, 0.4) is 0 Å². The van der Waals surface area contributed by atoms with Crippen LogP contribution < -0.4 is 5.73 Å². The van der Waals surface area contributed by atoms with Crippen molar-refractivity contribution in [2.45, 2.75) is 32.4 Å².